The minimum atomic E-state index is -0.390. The number of aliphatic imine (C=N–C) groups is 1. The van der Waals surface area contributed by atoms with Gasteiger partial charge >= 0.3 is 0 Å². The van der Waals surface area contributed by atoms with Crippen LogP contribution in [0.3, 0.4) is 0 Å². The summed E-state index contributed by atoms with van der Waals surface area (Å²) in [6.07, 6.45) is 2.43. The van der Waals surface area contributed by atoms with E-state index >= 15 is 0 Å². The number of aromatic nitrogens is 3. The van der Waals surface area contributed by atoms with Gasteiger partial charge in [0.2, 0.25) is 5.91 Å². The zero-order chi connectivity index (χ0) is 21.7. The van der Waals surface area contributed by atoms with Crippen molar-refractivity contribution in [1.82, 2.24) is 19.7 Å². The molecule has 2 aliphatic rings. The van der Waals surface area contributed by atoms with E-state index in [0.29, 0.717) is 11.4 Å². The van der Waals surface area contributed by atoms with Crippen molar-refractivity contribution in [3.63, 3.8) is 0 Å². The molecule has 5 rings (SSSR count). The number of likely N-dealkylation sites (tertiary alicyclic amines) is 1. The minimum absolute atomic E-state index is 0.132. The molecule has 2 aliphatic heterocycles. The number of rotatable bonds is 3. The lowest BCUT2D eigenvalue weighted by atomic mass is 9.99. The van der Waals surface area contributed by atoms with Crippen LogP contribution in [-0.4, -0.2) is 44.4 Å². The Morgan fingerprint density at radius 1 is 1.13 bits per heavy atom. The minimum Gasteiger partial charge on any atom is -0.343 e. The first-order valence-electron chi connectivity index (χ1n) is 10.6. The molecule has 0 spiro atoms. The Hall–Kier alpha value is -2.51. The summed E-state index contributed by atoms with van der Waals surface area (Å²) in [5.74, 6) is 1.67. The molecule has 3 aromatic rings. The van der Waals surface area contributed by atoms with Gasteiger partial charge in [0, 0.05) is 34.1 Å². The fraction of sp³-hybridized carbons (Fsp3) is 0.391. The molecule has 6 nitrogen and oxygen atoms in total. The fourth-order valence-electron chi connectivity index (χ4n) is 4.39. The van der Waals surface area contributed by atoms with Gasteiger partial charge in [-0.15, -0.1) is 21.5 Å². The van der Waals surface area contributed by atoms with Crippen molar-refractivity contribution >= 4 is 34.6 Å². The standard InChI is InChI=1S/C23H24ClN5OS/c1-13-14(2)31-23-20(13)21(16-6-8-17(24)9-7-16)25-18(22-27-26-15(3)29(22)23)12-19(30)28-10-4-5-11-28/h6-9,18H,4-5,10-12H2,1-3H3/t18-/m0/s1. The molecule has 1 fully saturated rings. The molecular weight excluding hydrogens is 430 g/mol. The van der Waals surface area contributed by atoms with E-state index in [1.807, 2.05) is 36.1 Å². The Labute approximate surface area is 190 Å². The van der Waals surface area contributed by atoms with Gasteiger partial charge in [-0.05, 0) is 51.3 Å². The van der Waals surface area contributed by atoms with Crippen LogP contribution in [0.1, 0.15) is 58.5 Å². The third-order valence-corrected chi connectivity index (χ3v) is 7.63. The second-order valence-electron chi connectivity index (χ2n) is 8.20. The van der Waals surface area contributed by atoms with E-state index in [1.54, 1.807) is 11.3 Å². The van der Waals surface area contributed by atoms with Gasteiger partial charge in [0.25, 0.3) is 0 Å². The normalized spacial score (nSPS) is 17.9. The number of hydrogen-bond donors (Lipinski definition) is 0. The molecule has 0 N–H and O–H groups in total. The van der Waals surface area contributed by atoms with Crippen LogP contribution in [0.25, 0.3) is 5.00 Å². The van der Waals surface area contributed by atoms with Gasteiger partial charge in [-0.25, -0.2) is 0 Å². The molecule has 1 amide bonds. The molecule has 160 valence electrons. The van der Waals surface area contributed by atoms with Crippen LogP contribution in [0.2, 0.25) is 5.02 Å². The first-order valence-corrected chi connectivity index (χ1v) is 11.8. The molecule has 0 bridgehead atoms. The Morgan fingerprint density at radius 3 is 2.55 bits per heavy atom. The highest BCUT2D eigenvalue weighted by molar-refractivity contribution is 7.15. The van der Waals surface area contributed by atoms with Crippen molar-refractivity contribution in [3.05, 3.63) is 62.5 Å². The van der Waals surface area contributed by atoms with Crippen LogP contribution in [0, 0.1) is 20.8 Å². The van der Waals surface area contributed by atoms with Crippen molar-refractivity contribution < 1.29 is 4.79 Å². The smallest absolute Gasteiger partial charge is 0.225 e. The molecule has 0 saturated carbocycles. The third-order valence-electron chi connectivity index (χ3n) is 6.18. The topological polar surface area (TPSA) is 63.4 Å². The number of carbonyl (C=O) groups is 1. The SMILES string of the molecule is Cc1sc2c(c1C)C(c1ccc(Cl)cc1)=N[C@@H](CC(=O)N1CCCC1)c1nnc(C)n1-2. The third kappa shape index (κ3) is 3.49. The lowest BCUT2D eigenvalue weighted by Gasteiger charge is -2.18. The van der Waals surface area contributed by atoms with E-state index in [9.17, 15) is 4.79 Å². The van der Waals surface area contributed by atoms with Gasteiger partial charge < -0.3 is 4.90 Å². The molecule has 31 heavy (non-hydrogen) atoms. The van der Waals surface area contributed by atoms with Crippen molar-refractivity contribution in [2.45, 2.75) is 46.1 Å². The summed E-state index contributed by atoms with van der Waals surface area (Å²) >= 11 is 7.87. The van der Waals surface area contributed by atoms with Crippen LogP contribution in [0.4, 0.5) is 0 Å². The van der Waals surface area contributed by atoms with Crippen LogP contribution < -0.4 is 0 Å². The van der Waals surface area contributed by atoms with Crippen molar-refractivity contribution in [1.29, 1.82) is 0 Å². The number of benzene rings is 1. The van der Waals surface area contributed by atoms with Crippen LogP contribution in [-0.2, 0) is 4.79 Å². The van der Waals surface area contributed by atoms with E-state index < -0.39 is 0 Å². The molecule has 0 aliphatic carbocycles. The fourth-order valence-corrected chi connectivity index (χ4v) is 5.73. The Bertz CT molecular complexity index is 1190. The summed E-state index contributed by atoms with van der Waals surface area (Å²) in [4.78, 5) is 21.4. The summed E-state index contributed by atoms with van der Waals surface area (Å²) in [6.45, 7) is 7.87. The quantitative estimate of drug-likeness (QED) is 0.571. The van der Waals surface area contributed by atoms with Crippen LogP contribution in [0.15, 0.2) is 29.3 Å². The summed E-state index contributed by atoms with van der Waals surface area (Å²) in [5.41, 5.74) is 4.16. The summed E-state index contributed by atoms with van der Waals surface area (Å²) in [6, 6.07) is 7.37. The van der Waals surface area contributed by atoms with Crippen molar-refractivity contribution in [2.24, 2.45) is 4.99 Å². The van der Waals surface area contributed by atoms with Gasteiger partial charge in [-0.2, -0.15) is 0 Å². The van der Waals surface area contributed by atoms with Gasteiger partial charge in [-0.1, -0.05) is 23.7 Å². The van der Waals surface area contributed by atoms with E-state index in [1.165, 1.54) is 10.4 Å². The molecule has 0 radical (unpaired) electrons. The number of halogens is 1. The number of aryl methyl sites for hydroxylation is 2. The van der Waals surface area contributed by atoms with E-state index in [0.717, 1.165) is 59.4 Å². The zero-order valence-electron chi connectivity index (χ0n) is 17.9. The maximum Gasteiger partial charge on any atom is 0.225 e. The average molecular weight is 454 g/mol. The Kier molecular flexibility index (Phi) is 5.18. The molecule has 1 saturated heterocycles. The van der Waals surface area contributed by atoms with Gasteiger partial charge in [0.05, 0.1) is 12.1 Å². The van der Waals surface area contributed by atoms with Gasteiger partial charge in [0.1, 0.15) is 16.9 Å². The molecule has 0 unspecified atom stereocenters. The molecule has 8 heteroatoms. The second kappa shape index (κ2) is 7.88. The van der Waals surface area contributed by atoms with E-state index in [-0.39, 0.29) is 11.9 Å². The number of thiophene rings is 1. The predicted molar refractivity (Wildman–Crippen MR) is 124 cm³/mol. The lowest BCUT2D eigenvalue weighted by molar-refractivity contribution is -0.130. The van der Waals surface area contributed by atoms with E-state index in [4.69, 9.17) is 16.6 Å². The summed E-state index contributed by atoms with van der Waals surface area (Å²) < 4.78 is 2.09. The average Bonchev–Trinajstić information content (AvgIpc) is 3.45. The molecule has 4 heterocycles. The number of hydrogen-bond acceptors (Lipinski definition) is 5. The summed E-state index contributed by atoms with van der Waals surface area (Å²) in [5, 5.41) is 10.6. The number of fused-ring (bicyclic) bond motifs is 3. The highest BCUT2D eigenvalue weighted by Gasteiger charge is 2.33. The maximum absolute atomic E-state index is 13.0. The van der Waals surface area contributed by atoms with Crippen LogP contribution >= 0.6 is 22.9 Å². The van der Waals surface area contributed by atoms with Crippen molar-refractivity contribution in [2.75, 3.05) is 13.1 Å². The lowest BCUT2D eigenvalue weighted by Crippen LogP contribution is -2.29. The summed E-state index contributed by atoms with van der Waals surface area (Å²) in [7, 11) is 0. The zero-order valence-corrected chi connectivity index (χ0v) is 19.4. The number of carbonyl (C=O) groups excluding carboxylic acids is 1. The highest BCUT2D eigenvalue weighted by atomic mass is 35.5. The largest absolute Gasteiger partial charge is 0.343 e. The number of amides is 1. The first kappa shape index (κ1) is 20.4. The van der Waals surface area contributed by atoms with Gasteiger partial charge in [0.15, 0.2) is 5.82 Å². The highest BCUT2D eigenvalue weighted by Crippen LogP contribution is 2.39. The van der Waals surface area contributed by atoms with E-state index in [2.05, 4.69) is 28.6 Å². The molecule has 2 aromatic heterocycles. The molecular formula is C23H24ClN5OS. The maximum atomic E-state index is 13.0. The Morgan fingerprint density at radius 2 is 1.84 bits per heavy atom. The predicted octanol–water partition coefficient (Wildman–Crippen LogP) is 4.81. The monoisotopic (exact) mass is 453 g/mol. The molecule has 1 aromatic carbocycles. The van der Waals surface area contributed by atoms with Gasteiger partial charge in [-0.3, -0.25) is 14.4 Å². The molecule has 1 atom stereocenters. The Balaban J connectivity index is 1.69. The van der Waals surface area contributed by atoms with Crippen LogP contribution in [0.5, 0.6) is 0 Å². The number of nitrogens with zero attached hydrogens (tertiary/aromatic N) is 5. The first-order chi connectivity index (χ1) is 14.9. The second-order valence-corrected chi connectivity index (χ2v) is 9.84. The van der Waals surface area contributed by atoms with Crippen molar-refractivity contribution in [3.8, 4) is 5.00 Å².